The first-order chi connectivity index (χ1) is 13.7. The van der Waals surface area contributed by atoms with Gasteiger partial charge in [-0.15, -0.1) is 24.0 Å². The number of benzene rings is 1. The maximum absolute atomic E-state index is 5.97. The Morgan fingerprint density at radius 3 is 2.55 bits per heavy atom. The highest BCUT2D eigenvalue weighted by Crippen LogP contribution is 2.34. The summed E-state index contributed by atoms with van der Waals surface area (Å²) in [6, 6.07) is 11.6. The molecule has 6 nitrogen and oxygen atoms in total. The van der Waals surface area contributed by atoms with Crippen LogP contribution in [0, 0.1) is 0 Å². The first-order valence-electron chi connectivity index (χ1n) is 11.0. The van der Waals surface area contributed by atoms with Crippen molar-refractivity contribution in [2.75, 3.05) is 44.2 Å². The number of anilines is 1. The molecular formula is C22H36IN5O. The van der Waals surface area contributed by atoms with Crippen molar-refractivity contribution in [1.29, 1.82) is 0 Å². The summed E-state index contributed by atoms with van der Waals surface area (Å²) in [5, 5.41) is 7.03. The summed E-state index contributed by atoms with van der Waals surface area (Å²) in [5.41, 5.74) is 1.33. The van der Waals surface area contributed by atoms with Crippen molar-refractivity contribution >= 4 is 35.6 Å². The molecule has 3 fully saturated rings. The van der Waals surface area contributed by atoms with E-state index >= 15 is 0 Å². The lowest BCUT2D eigenvalue weighted by molar-refractivity contribution is 0.0992. The Bertz CT molecular complexity index is 650. The van der Waals surface area contributed by atoms with Crippen LogP contribution in [-0.4, -0.2) is 74.4 Å². The Morgan fingerprint density at radius 1 is 1.17 bits per heavy atom. The van der Waals surface area contributed by atoms with E-state index in [1.807, 2.05) is 0 Å². The van der Waals surface area contributed by atoms with Gasteiger partial charge in [0.05, 0.1) is 24.8 Å². The zero-order chi connectivity index (χ0) is 19.3. The van der Waals surface area contributed by atoms with Crippen LogP contribution in [-0.2, 0) is 4.74 Å². The van der Waals surface area contributed by atoms with Crippen molar-refractivity contribution in [3.8, 4) is 0 Å². The Labute approximate surface area is 192 Å². The van der Waals surface area contributed by atoms with Gasteiger partial charge >= 0.3 is 0 Å². The zero-order valence-corrected chi connectivity index (χ0v) is 20.0. The fourth-order valence-corrected chi connectivity index (χ4v) is 4.68. The van der Waals surface area contributed by atoms with E-state index in [4.69, 9.17) is 9.73 Å². The van der Waals surface area contributed by atoms with Crippen LogP contribution < -0.4 is 15.5 Å². The Hall–Kier alpha value is -1.06. The number of guanidine groups is 1. The highest BCUT2D eigenvalue weighted by atomic mass is 127. The van der Waals surface area contributed by atoms with E-state index in [0.29, 0.717) is 24.3 Å². The molecule has 0 aromatic heterocycles. The number of halogens is 1. The molecule has 0 saturated carbocycles. The number of hydrogen-bond donors (Lipinski definition) is 2. The summed E-state index contributed by atoms with van der Waals surface area (Å²) in [6.07, 6.45) is 4.36. The number of rotatable bonds is 6. The van der Waals surface area contributed by atoms with Crippen molar-refractivity contribution in [3.63, 3.8) is 0 Å². The molecule has 0 spiro atoms. The van der Waals surface area contributed by atoms with E-state index in [2.05, 4.69) is 64.6 Å². The molecule has 1 aromatic rings. The normalized spacial score (nSPS) is 28.1. The van der Waals surface area contributed by atoms with Crippen LogP contribution in [0.4, 0.5) is 5.69 Å². The van der Waals surface area contributed by atoms with E-state index in [1.54, 1.807) is 0 Å². The van der Waals surface area contributed by atoms with Crippen molar-refractivity contribution in [2.24, 2.45) is 4.99 Å². The summed E-state index contributed by atoms with van der Waals surface area (Å²) in [6.45, 7) is 10.5. The molecule has 4 unspecified atom stereocenters. The van der Waals surface area contributed by atoms with Crippen LogP contribution in [0.5, 0.6) is 0 Å². The number of aliphatic imine (C=N–C) groups is 1. The van der Waals surface area contributed by atoms with Crippen LogP contribution in [0.1, 0.15) is 33.1 Å². The molecule has 4 atom stereocenters. The molecule has 0 radical (unpaired) electrons. The molecule has 7 heteroatoms. The lowest BCUT2D eigenvalue weighted by atomic mass is 9.96. The molecule has 2 N–H and O–H groups in total. The second kappa shape index (κ2) is 10.8. The number of nitrogens with one attached hydrogen (secondary N) is 2. The summed E-state index contributed by atoms with van der Waals surface area (Å²) in [4.78, 5) is 9.94. The van der Waals surface area contributed by atoms with E-state index < -0.39 is 0 Å². The molecule has 1 aromatic carbocycles. The largest absolute Gasteiger partial charge is 0.373 e. The summed E-state index contributed by atoms with van der Waals surface area (Å²) < 4.78 is 5.97. The molecule has 3 heterocycles. The molecule has 4 rings (SSSR count). The van der Waals surface area contributed by atoms with Gasteiger partial charge in [0.2, 0.25) is 0 Å². The average Bonchev–Trinajstić information content (AvgIpc) is 3.36. The smallest absolute Gasteiger partial charge is 0.191 e. The van der Waals surface area contributed by atoms with Crippen LogP contribution in [0.3, 0.4) is 0 Å². The Morgan fingerprint density at radius 2 is 1.93 bits per heavy atom. The number of piperazine rings is 1. The fourth-order valence-electron chi connectivity index (χ4n) is 4.68. The van der Waals surface area contributed by atoms with E-state index in [9.17, 15) is 0 Å². The van der Waals surface area contributed by atoms with Gasteiger partial charge in [0.15, 0.2) is 5.96 Å². The first-order valence-corrected chi connectivity index (χ1v) is 11.0. The standard InChI is InChI=1S/C22H35N5O.HI/c1-3-23-22(25-20-15-19-9-10-21(20)28-19)24-16-17(2)26-11-13-27(14-12-26)18-7-5-4-6-8-18;/h4-8,17,19-21H,3,9-16H2,1-2H3,(H2,23,24,25);1H. The van der Waals surface area contributed by atoms with Gasteiger partial charge in [0.25, 0.3) is 0 Å². The third-order valence-electron chi connectivity index (χ3n) is 6.34. The zero-order valence-electron chi connectivity index (χ0n) is 17.7. The van der Waals surface area contributed by atoms with Gasteiger partial charge in [0.1, 0.15) is 0 Å². The van der Waals surface area contributed by atoms with Crippen LogP contribution in [0.25, 0.3) is 0 Å². The SMILES string of the molecule is CCNC(=NCC(C)N1CCN(c2ccccc2)CC1)NC1CC2CCC1O2.I. The van der Waals surface area contributed by atoms with E-state index in [-0.39, 0.29) is 24.0 Å². The lowest BCUT2D eigenvalue weighted by Crippen LogP contribution is -2.51. The maximum Gasteiger partial charge on any atom is 0.191 e. The highest BCUT2D eigenvalue weighted by Gasteiger charge is 2.41. The molecule has 3 saturated heterocycles. The Kier molecular flexibility index (Phi) is 8.44. The minimum atomic E-state index is 0. The number of nitrogens with zero attached hydrogens (tertiary/aromatic N) is 3. The molecule has 0 aliphatic carbocycles. The minimum Gasteiger partial charge on any atom is -0.373 e. The first kappa shape index (κ1) is 22.6. The molecule has 3 aliphatic rings. The van der Waals surface area contributed by atoms with Gasteiger partial charge in [-0.1, -0.05) is 18.2 Å². The molecule has 162 valence electrons. The average molecular weight is 513 g/mol. The fraction of sp³-hybridized carbons (Fsp3) is 0.682. The van der Waals surface area contributed by atoms with Crippen molar-refractivity contribution in [3.05, 3.63) is 30.3 Å². The predicted octanol–water partition coefficient (Wildman–Crippen LogP) is 2.69. The summed E-state index contributed by atoms with van der Waals surface area (Å²) in [7, 11) is 0. The second-order valence-corrected chi connectivity index (χ2v) is 8.29. The topological polar surface area (TPSA) is 52.1 Å². The van der Waals surface area contributed by atoms with Gasteiger partial charge in [0, 0.05) is 44.5 Å². The number of fused-ring (bicyclic) bond motifs is 2. The summed E-state index contributed by atoms with van der Waals surface area (Å²) in [5.74, 6) is 0.943. The van der Waals surface area contributed by atoms with Crippen LogP contribution in [0.15, 0.2) is 35.3 Å². The monoisotopic (exact) mass is 513 g/mol. The summed E-state index contributed by atoms with van der Waals surface area (Å²) >= 11 is 0. The van der Waals surface area contributed by atoms with Gasteiger partial charge in [-0.25, -0.2) is 0 Å². The quantitative estimate of drug-likeness (QED) is 0.348. The molecule has 29 heavy (non-hydrogen) atoms. The van der Waals surface area contributed by atoms with Gasteiger partial charge in [-0.2, -0.15) is 0 Å². The maximum atomic E-state index is 5.97. The van der Waals surface area contributed by atoms with Gasteiger partial charge < -0.3 is 20.3 Å². The third kappa shape index (κ3) is 5.76. The van der Waals surface area contributed by atoms with Crippen LogP contribution in [0.2, 0.25) is 0 Å². The van der Waals surface area contributed by atoms with E-state index in [1.165, 1.54) is 18.5 Å². The number of para-hydroxylation sites is 1. The lowest BCUT2D eigenvalue weighted by Gasteiger charge is -2.38. The predicted molar refractivity (Wildman–Crippen MR) is 131 cm³/mol. The minimum absolute atomic E-state index is 0. The van der Waals surface area contributed by atoms with E-state index in [0.717, 1.165) is 51.6 Å². The van der Waals surface area contributed by atoms with Crippen molar-refractivity contribution < 1.29 is 4.74 Å². The number of hydrogen-bond acceptors (Lipinski definition) is 4. The molecule has 0 amide bonds. The second-order valence-electron chi connectivity index (χ2n) is 8.29. The highest BCUT2D eigenvalue weighted by molar-refractivity contribution is 14.0. The van der Waals surface area contributed by atoms with Gasteiger partial charge in [-0.3, -0.25) is 9.89 Å². The number of ether oxygens (including phenoxy) is 1. The van der Waals surface area contributed by atoms with Gasteiger partial charge in [-0.05, 0) is 45.2 Å². The molecular weight excluding hydrogens is 477 g/mol. The third-order valence-corrected chi connectivity index (χ3v) is 6.34. The van der Waals surface area contributed by atoms with Crippen LogP contribution >= 0.6 is 24.0 Å². The molecule has 3 aliphatic heterocycles. The molecule has 2 bridgehead atoms. The van der Waals surface area contributed by atoms with Crippen molar-refractivity contribution in [1.82, 2.24) is 15.5 Å². The van der Waals surface area contributed by atoms with Crippen molar-refractivity contribution in [2.45, 2.75) is 57.4 Å². The Balaban J connectivity index is 0.00000240.